The lowest BCUT2D eigenvalue weighted by molar-refractivity contribution is 0.0249. The fourth-order valence-corrected chi connectivity index (χ4v) is 3.02. The molecule has 0 aliphatic carbocycles. The zero-order chi connectivity index (χ0) is 13.4. The topological polar surface area (TPSA) is 26.3 Å². The molecule has 2 aromatic rings. The van der Waals surface area contributed by atoms with Crippen molar-refractivity contribution in [3.8, 4) is 0 Å². The quantitative estimate of drug-likeness (QED) is 0.582. The van der Waals surface area contributed by atoms with Crippen LogP contribution in [0, 0.1) is 5.82 Å². The predicted molar refractivity (Wildman–Crippen MR) is 72.7 cm³/mol. The third kappa shape index (κ3) is 2.16. The third-order valence-corrected chi connectivity index (χ3v) is 4.13. The first-order chi connectivity index (χ1) is 9.16. The standard InChI is InChI=1S/C15H10BrFO2/c16-13-12-8-10(17)6-7-11(12)15(18)19-14(13)9-4-2-1-3-5-9/h1-8,13-14H/t13-,14+/m1/s1. The molecule has 0 amide bonds. The average molecular weight is 321 g/mol. The molecule has 19 heavy (non-hydrogen) atoms. The summed E-state index contributed by atoms with van der Waals surface area (Å²) in [6.07, 6.45) is -0.442. The van der Waals surface area contributed by atoms with Crippen molar-refractivity contribution in [2.75, 3.05) is 0 Å². The Bertz CT molecular complexity index is 627. The van der Waals surface area contributed by atoms with Crippen LogP contribution in [0.4, 0.5) is 4.39 Å². The van der Waals surface area contributed by atoms with Crippen molar-refractivity contribution in [3.05, 3.63) is 71.0 Å². The highest BCUT2D eigenvalue weighted by molar-refractivity contribution is 9.09. The van der Waals surface area contributed by atoms with E-state index < -0.39 is 12.1 Å². The van der Waals surface area contributed by atoms with E-state index in [4.69, 9.17) is 4.74 Å². The highest BCUT2D eigenvalue weighted by atomic mass is 79.9. The molecular weight excluding hydrogens is 311 g/mol. The molecule has 1 aliphatic heterocycles. The lowest BCUT2D eigenvalue weighted by atomic mass is 9.94. The van der Waals surface area contributed by atoms with E-state index in [1.807, 2.05) is 30.3 Å². The molecule has 2 nitrogen and oxygen atoms in total. The van der Waals surface area contributed by atoms with Crippen LogP contribution in [0.2, 0.25) is 0 Å². The van der Waals surface area contributed by atoms with Crippen LogP contribution < -0.4 is 0 Å². The normalized spacial score (nSPS) is 21.7. The van der Waals surface area contributed by atoms with E-state index in [0.717, 1.165) is 5.56 Å². The Morgan fingerprint density at radius 1 is 1.11 bits per heavy atom. The summed E-state index contributed by atoms with van der Waals surface area (Å²) in [5.41, 5.74) is 1.92. The van der Waals surface area contributed by atoms with Gasteiger partial charge in [0.2, 0.25) is 0 Å². The molecule has 0 radical (unpaired) electrons. The van der Waals surface area contributed by atoms with Crippen LogP contribution in [0.3, 0.4) is 0 Å². The number of hydrogen-bond acceptors (Lipinski definition) is 2. The van der Waals surface area contributed by atoms with Crippen molar-refractivity contribution in [2.24, 2.45) is 0 Å². The Morgan fingerprint density at radius 3 is 2.58 bits per heavy atom. The van der Waals surface area contributed by atoms with Gasteiger partial charge in [0.15, 0.2) is 0 Å². The number of benzene rings is 2. The highest BCUT2D eigenvalue weighted by Gasteiger charge is 2.35. The molecule has 0 bridgehead atoms. The molecule has 0 aromatic heterocycles. The SMILES string of the molecule is O=C1O[C@@H](c2ccccc2)[C@H](Br)c2cc(F)ccc21. The van der Waals surface area contributed by atoms with E-state index in [9.17, 15) is 9.18 Å². The summed E-state index contributed by atoms with van der Waals surface area (Å²) in [6, 6.07) is 13.5. The van der Waals surface area contributed by atoms with Crippen molar-refractivity contribution in [3.63, 3.8) is 0 Å². The van der Waals surface area contributed by atoms with E-state index >= 15 is 0 Å². The Labute approximate surface area is 118 Å². The number of carbonyl (C=O) groups is 1. The van der Waals surface area contributed by atoms with Gasteiger partial charge in [-0.25, -0.2) is 9.18 Å². The van der Waals surface area contributed by atoms with Gasteiger partial charge in [0.1, 0.15) is 11.9 Å². The van der Waals surface area contributed by atoms with Gasteiger partial charge in [-0.15, -0.1) is 0 Å². The first-order valence-electron chi connectivity index (χ1n) is 5.86. The number of hydrogen-bond donors (Lipinski definition) is 0. The number of fused-ring (bicyclic) bond motifs is 1. The lowest BCUT2D eigenvalue weighted by Gasteiger charge is -2.29. The minimum absolute atomic E-state index is 0.252. The molecule has 0 unspecified atom stereocenters. The number of halogens is 2. The predicted octanol–water partition coefficient (Wildman–Crippen LogP) is 4.17. The summed E-state index contributed by atoms with van der Waals surface area (Å²) in [5, 5.41) is 0. The second-order valence-electron chi connectivity index (χ2n) is 4.37. The maximum absolute atomic E-state index is 13.4. The summed E-state index contributed by atoms with van der Waals surface area (Å²) < 4.78 is 18.8. The first-order valence-corrected chi connectivity index (χ1v) is 6.78. The van der Waals surface area contributed by atoms with Gasteiger partial charge in [-0.1, -0.05) is 46.3 Å². The molecule has 0 spiro atoms. The second kappa shape index (κ2) is 4.78. The van der Waals surface area contributed by atoms with Crippen LogP contribution in [0.5, 0.6) is 0 Å². The largest absolute Gasteiger partial charge is 0.452 e. The van der Waals surface area contributed by atoms with E-state index in [0.29, 0.717) is 11.1 Å². The van der Waals surface area contributed by atoms with Crippen molar-refractivity contribution in [1.82, 2.24) is 0 Å². The summed E-state index contributed by atoms with van der Waals surface area (Å²) in [4.78, 5) is 11.7. The van der Waals surface area contributed by atoms with Crippen molar-refractivity contribution < 1.29 is 13.9 Å². The van der Waals surface area contributed by atoms with Crippen LogP contribution in [0.15, 0.2) is 48.5 Å². The minimum Gasteiger partial charge on any atom is -0.452 e. The van der Waals surface area contributed by atoms with Crippen LogP contribution in [0.1, 0.15) is 32.4 Å². The fraction of sp³-hybridized carbons (Fsp3) is 0.133. The van der Waals surface area contributed by atoms with Gasteiger partial charge in [-0.2, -0.15) is 0 Å². The van der Waals surface area contributed by atoms with E-state index in [2.05, 4.69) is 15.9 Å². The summed E-state index contributed by atoms with van der Waals surface area (Å²) in [7, 11) is 0. The lowest BCUT2D eigenvalue weighted by Crippen LogP contribution is -2.23. The van der Waals surface area contributed by atoms with E-state index in [1.54, 1.807) is 0 Å². The Balaban J connectivity index is 2.07. The van der Waals surface area contributed by atoms with Crippen LogP contribution in [0.25, 0.3) is 0 Å². The van der Waals surface area contributed by atoms with Gasteiger partial charge in [0.05, 0.1) is 10.4 Å². The summed E-state index contributed by atoms with van der Waals surface area (Å²) >= 11 is 3.51. The highest BCUT2D eigenvalue weighted by Crippen LogP contribution is 2.44. The smallest absolute Gasteiger partial charge is 0.339 e. The van der Waals surface area contributed by atoms with Crippen molar-refractivity contribution in [1.29, 1.82) is 0 Å². The molecule has 0 N–H and O–H groups in total. The molecule has 2 aromatic carbocycles. The van der Waals surface area contributed by atoms with Gasteiger partial charge >= 0.3 is 5.97 Å². The molecule has 1 heterocycles. The molecule has 0 saturated carbocycles. The number of alkyl halides is 1. The zero-order valence-corrected chi connectivity index (χ0v) is 11.4. The third-order valence-electron chi connectivity index (χ3n) is 3.16. The van der Waals surface area contributed by atoms with Gasteiger partial charge in [-0.05, 0) is 29.3 Å². The van der Waals surface area contributed by atoms with Gasteiger partial charge in [0, 0.05) is 0 Å². The maximum Gasteiger partial charge on any atom is 0.339 e. The molecule has 96 valence electrons. The Kier molecular flexibility index (Phi) is 3.11. The minimum atomic E-state index is -0.442. The molecule has 2 atom stereocenters. The number of ether oxygens (including phenoxy) is 1. The molecule has 1 aliphatic rings. The Morgan fingerprint density at radius 2 is 1.84 bits per heavy atom. The van der Waals surface area contributed by atoms with Crippen LogP contribution in [-0.2, 0) is 4.74 Å². The summed E-state index contributed by atoms with van der Waals surface area (Å²) in [6.45, 7) is 0. The molecule has 0 saturated heterocycles. The molecule has 0 fully saturated rings. The molecule has 3 rings (SSSR count). The first kappa shape index (κ1) is 12.4. The van der Waals surface area contributed by atoms with E-state index in [-0.39, 0.29) is 10.6 Å². The van der Waals surface area contributed by atoms with Crippen LogP contribution >= 0.6 is 15.9 Å². The second-order valence-corrected chi connectivity index (χ2v) is 5.36. The van der Waals surface area contributed by atoms with Gasteiger partial charge < -0.3 is 4.74 Å². The van der Waals surface area contributed by atoms with Crippen molar-refractivity contribution >= 4 is 21.9 Å². The fourth-order valence-electron chi connectivity index (χ4n) is 2.23. The number of esters is 1. The number of cyclic esters (lactones) is 1. The van der Waals surface area contributed by atoms with Gasteiger partial charge in [-0.3, -0.25) is 0 Å². The molecular formula is C15H10BrFO2. The van der Waals surface area contributed by atoms with E-state index in [1.165, 1.54) is 18.2 Å². The Hall–Kier alpha value is -1.68. The van der Waals surface area contributed by atoms with Gasteiger partial charge in [0.25, 0.3) is 0 Å². The maximum atomic E-state index is 13.4. The number of carbonyl (C=O) groups excluding carboxylic acids is 1. The van der Waals surface area contributed by atoms with Crippen molar-refractivity contribution in [2.45, 2.75) is 10.9 Å². The number of rotatable bonds is 1. The average Bonchev–Trinajstić information content (AvgIpc) is 2.43. The summed E-state index contributed by atoms with van der Waals surface area (Å²) in [5.74, 6) is -0.774. The van der Waals surface area contributed by atoms with Crippen LogP contribution in [-0.4, -0.2) is 5.97 Å². The monoisotopic (exact) mass is 320 g/mol. The molecule has 4 heteroatoms. The zero-order valence-electron chi connectivity index (χ0n) is 9.85.